The van der Waals surface area contributed by atoms with Gasteiger partial charge < -0.3 is 10.1 Å². The first kappa shape index (κ1) is 27.8. The van der Waals surface area contributed by atoms with Crippen LogP contribution < -0.4 is 10.1 Å². The molecule has 2 aromatic carbocycles. The second-order valence-corrected chi connectivity index (χ2v) is 11.3. The Morgan fingerprint density at radius 2 is 1.82 bits per heavy atom. The number of nitrogens with one attached hydrogen (secondary N) is 1. The predicted octanol–water partition coefficient (Wildman–Crippen LogP) is 4.34. The Labute approximate surface area is 227 Å². The summed E-state index contributed by atoms with van der Waals surface area (Å²) in [6.07, 6.45) is 2.92. The van der Waals surface area contributed by atoms with Gasteiger partial charge in [0.2, 0.25) is 0 Å². The summed E-state index contributed by atoms with van der Waals surface area (Å²) in [6, 6.07) is 11.1. The predicted molar refractivity (Wildman–Crippen MR) is 139 cm³/mol. The number of hydrogen-bond donors (Lipinski definition) is 1. The zero-order valence-electron chi connectivity index (χ0n) is 21.3. The lowest BCUT2D eigenvalue weighted by molar-refractivity contribution is -0.0734. The van der Waals surface area contributed by atoms with Gasteiger partial charge in [0.05, 0.1) is 29.1 Å². The highest BCUT2D eigenvalue weighted by molar-refractivity contribution is 7.90. The lowest BCUT2D eigenvalue weighted by Gasteiger charge is -2.38. The van der Waals surface area contributed by atoms with Gasteiger partial charge in [0.15, 0.2) is 5.65 Å². The van der Waals surface area contributed by atoms with Crippen molar-refractivity contribution in [2.24, 2.45) is 0 Å². The third-order valence-corrected chi connectivity index (χ3v) is 8.33. The van der Waals surface area contributed by atoms with Crippen molar-refractivity contribution in [3.63, 3.8) is 0 Å². The Morgan fingerprint density at radius 1 is 1.10 bits per heavy atom. The van der Waals surface area contributed by atoms with E-state index in [4.69, 9.17) is 0 Å². The molecule has 4 aromatic rings. The van der Waals surface area contributed by atoms with E-state index >= 15 is 8.78 Å². The van der Waals surface area contributed by atoms with Crippen LogP contribution >= 0.6 is 0 Å². The van der Waals surface area contributed by atoms with Crippen LogP contribution in [0.1, 0.15) is 17.5 Å². The number of fused-ring (bicyclic) bond motifs is 1. The maximum atomic E-state index is 15.2. The van der Waals surface area contributed by atoms with Crippen LogP contribution in [0.3, 0.4) is 0 Å². The zero-order chi connectivity index (χ0) is 28.5. The topological polar surface area (TPSA) is 102 Å². The van der Waals surface area contributed by atoms with Crippen LogP contribution in [0.5, 0.6) is 5.75 Å². The van der Waals surface area contributed by atoms with Crippen molar-refractivity contribution < 1.29 is 30.7 Å². The number of alkyl halides is 4. The van der Waals surface area contributed by atoms with E-state index in [-0.39, 0.29) is 33.9 Å². The van der Waals surface area contributed by atoms with Crippen LogP contribution in [0.4, 0.5) is 23.4 Å². The lowest BCUT2D eigenvalue weighted by atomic mass is 10.00. The number of piperidine rings is 1. The van der Waals surface area contributed by atoms with Crippen molar-refractivity contribution in [1.29, 1.82) is 0 Å². The third-order valence-electron chi connectivity index (χ3n) is 6.74. The van der Waals surface area contributed by atoms with Crippen molar-refractivity contribution in [3.05, 3.63) is 72.2 Å². The van der Waals surface area contributed by atoms with Gasteiger partial charge in [-0.25, -0.2) is 18.7 Å². The highest BCUT2D eigenvalue weighted by Gasteiger charge is 2.45. The minimum atomic E-state index is -4.06. The maximum absolute atomic E-state index is 15.2. The van der Waals surface area contributed by atoms with E-state index in [0.29, 0.717) is 19.5 Å². The molecular weight excluding hydrogens is 552 g/mol. The number of anilines is 1. The Bertz CT molecular complexity index is 1580. The molecule has 1 N–H and O–H groups in total. The molecule has 0 amide bonds. The fraction of sp³-hybridized carbons (Fsp3) is 0.346. The summed E-state index contributed by atoms with van der Waals surface area (Å²) in [7, 11) is -4.06. The van der Waals surface area contributed by atoms with E-state index in [1.165, 1.54) is 30.5 Å². The lowest BCUT2D eigenvalue weighted by Crippen LogP contribution is -2.54. The van der Waals surface area contributed by atoms with Gasteiger partial charge in [0.25, 0.3) is 15.9 Å². The van der Waals surface area contributed by atoms with Gasteiger partial charge in [0.1, 0.15) is 17.9 Å². The Morgan fingerprint density at radius 3 is 2.50 bits per heavy atom. The molecule has 1 aliphatic rings. The standard InChI is InChI=1S/C26H26F4N6O3S/c1-17-2-8-20(9-3-17)40(37,38)36-24-21(14-33-36)23(31-16-32-24)34-22-11-13-35(15-26(22,29)30)12-10-18-4-6-19(7-5-18)39-25(27)28/h2-9,14,16,22,25H,10-13,15H2,1H3,(H,31,32,34)/t22-/m1/s1. The smallest absolute Gasteiger partial charge is 0.387 e. The second-order valence-electron chi connectivity index (χ2n) is 9.56. The van der Waals surface area contributed by atoms with Crippen LogP contribution in [0, 0.1) is 6.92 Å². The zero-order valence-corrected chi connectivity index (χ0v) is 22.2. The fourth-order valence-corrected chi connectivity index (χ4v) is 5.82. The molecule has 1 fully saturated rings. The highest BCUT2D eigenvalue weighted by atomic mass is 32.2. The van der Waals surface area contributed by atoms with Crippen molar-refractivity contribution in [3.8, 4) is 5.75 Å². The molecule has 2 aromatic heterocycles. The third kappa shape index (κ3) is 5.87. The molecule has 1 saturated heterocycles. The quantitative estimate of drug-likeness (QED) is 0.293. The van der Waals surface area contributed by atoms with Crippen LogP contribution in [0.25, 0.3) is 11.0 Å². The number of aryl methyl sites for hydroxylation is 1. The van der Waals surface area contributed by atoms with Crippen LogP contribution in [-0.2, 0) is 16.4 Å². The summed E-state index contributed by atoms with van der Waals surface area (Å²) in [5.74, 6) is -3.01. The highest BCUT2D eigenvalue weighted by Crippen LogP contribution is 2.32. The van der Waals surface area contributed by atoms with Gasteiger partial charge in [-0.15, -0.1) is 4.09 Å². The van der Waals surface area contributed by atoms with Crippen molar-refractivity contribution in [2.75, 3.05) is 25.0 Å². The van der Waals surface area contributed by atoms with E-state index in [1.807, 2.05) is 6.92 Å². The monoisotopic (exact) mass is 578 g/mol. The first-order chi connectivity index (χ1) is 19.0. The number of benzene rings is 2. The van der Waals surface area contributed by atoms with Gasteiger partial charge >= 0.3 is 6.61 Å². The SMILES string of the molecule is Cc1ccc(S(=O)(=O)n2ncc3c(N[C@@H]4CCN(CCc5ccc(OC(F)F)cc5)CC4(F)F)ncnc32)cc1. The van der Waals surface area contributed by atoms with E-state index < -0.39 is 35.1 Å². The summed E-state index contributed by atoms with van der Waals surface area (Å²) < 4.78 is 86.4. The van der Waals surface area contributed by atoms with Crippen molar-refractivity contribution in [2.45, 2.75) is 43.2 Å². The fourth-order valence-electron chi connectivity index (χ4n) is 4.59. The minimum Gasteiger partial charge on any atom is -0.435 e. The first-order valence-corrected chi connectivity index (χ1v) is 13.9. The molecule has 5 rings (SSSR count). The second kappa shape index (κ2) is 11.0. The number of aromatic nitrogens is 4. The van der Waals surface area contributed by atoms with Gasteiger partial charge in [-0.2, -0.15) is 22.3 Å². The minimum absolute atomic E-state index is 0.0209. The molecule has 40 heavy (non-hydrogen) atoms. The summed E-state index contributed by atoms with van der Waals surface area (Å²) in [5.41, 5.74) is 1.68. The molecule has 9 nitrogen and oxygen atoms in total. The average molecular weight is 579 g/mol. The van der Waals surface area contributed by atoms with Crippen LogP contribution in [0.2, 0.25) is 0 Å². The summed E-state index contributed by atoms with van der Waals surface area (Å²) in [6.45, 7) is -0.829. The molecule has 14 heteroatoms. The van der Waals surface area contributed by atoms with E-state index in [2.05, 4.69) is 25.1 Å². The number of likely N-dealkylation sites (tertiary alicyclic amines) is 1. The number of hydrogen-bond acceptors (Lipinski definition) is 8. The molecule has 1 aliphatic heterocycles. The Kier molecular flexibility index (Phi) is 7.64. The molecule has 0 unspecified atom stereocenters. The Hall–Kier alpha value is -3.78. The molecule has 0 bridgehead atoms. The first-order valence-electron chi connectivity index (χ1n) is 12.4. The number of ether oxygens (including phenoxy) is 1. The Balaban J connectivity index is 1.26. The van der Waals surface area contributed by atoms with Crippen LogP contribution in [0.15, 0.2) is 66.0 Å². The van der Waals surface area contributed by atoms with Gasteiger partial charge in [0, 0.05) is 13.1 Å². The van der Waals surface area contributed by atoms with Crippen molar-refractivity contribution >= 4 is 26.9 Å². The van der Waals surface area contributed by atoms with Crippen LogP contribution in [-0.4, -0.2) is 70.7 Å². The van der Waals surface area contributed by atoms with Crippen molar-refractivity contribution in [1.82, 2.24) is 24.1 Å². The average Bonchev–Trinajstić information content (AvgIpc) is 3.35. The molecule has 0 spiro atoms. The summed E-state index contributed by atoms with van der Waals surface area (Å²) in [4.78, 5) is 9.81. The van der Waals surface area contributed by atoms with Gasteiger partial charge in [-0.3, -0.25) is 4.90 Å². The molecule has 0 aliphatic carbocycles. The number of rotatable bonds is 9. The molecule has 1 atom stereocenters. The summed E-state index contributed by atoms with van der Waals surface area (Å²) >= 11 is 0. The molecule has 0 radical (unpaired) electrons. The van der Waals surface area contributed by atoms with Gasteiger partial charge in [-0.05, 0) is 49.6 Å². The number of halogens is 4. The molecule has 3 heterocycles. The van der Waals surface area contributed by atoms with E-state index in [9.17, 15) is 17.2 Å². The molecular formula is C26H26F4N6O3S. The van der Waals surface area contributed by atoms with E-state index in [0.717, 1.165) is 21.5 Å². The normalized spacial score (nSPS) is 17.8. The largest absolute Gasteiger partial charge is 0.435 e. The maximum Gasteiger partial charge on any atom is 0.387 e. The molecule has 212 valence electrons. The van der Waals surface area contributed by atoms with E-state index in [1.54, 1.807) is 29.2 Å². The number of nitrogens with zero attached hydrogens (tertiary/aromatic N) is 5. The van der Waals surface area contributed by atoms with Gasteiger partial charge in [-0.1, -0.05) is 29.8 Å². The summed E-state index contributed by atoms with van der Waals surface area (Å²) in [5, 5.41) is 6.98. The molecule has 0 saturated carbocycles.